The summed E-state index contributed by atoms with van der Waals surface area (Å²) in [5.41, 5.74) is 0. The summed E-state index contributed by atoms with van der Waals surface area (Å²) in [6.45, 7) is 9.62. The third kappa shape index (κ3) is 6.52. The van der Waals surface area contributed by atoms with Crippen molar-refractivity contribution >= 4 is 5.96 Å². The molecule has 2 N–H and O–H groups in total. The monoisotopic (exact) mass is 305 g/mol. The Bertz CT molecular complexity index is 407. The Morgan fingerprint density at radius 1 is 1.05 bits per heavy atom. The van der Waals surface area contributed by atoms with Crippen LogP contribution in [0.15, 0.2) is 29.5 Å². The van der Waals surface area contributed by atoms with Crippen molar-refractivity contribution in [2.24, 2.45) is 4.99 Å². The predicted octanol–water partition coefficient (Wildman–Crippen LogP) is 1.92. The van der Waals surface area contributed by atoms with E-state index in [1.165, 1.54) is 45.3 Å². The first-order chi connectivity index (χ1) is 10.9. The SMILES string of the molecule is CCNC(=NCCCCN1CCCC1)NCCn1cccc1. The molecule has 1 aliphatic heterocycles. The Balaban J connectivity index is 1.58. The Hall–Kier alpha value is -1.49. The lowest BCUT2D eigenvalue weighted by Crippen LogP contribution is -2.38. The first kappa shape index (κ1) is 16.9. The Kier molecular flexibility index (Phi) is 7.88. The van der Waals surface area contributed by atoms with Crippen molar-refractivity contribution in [2.45, 2.75) is 39.2 Å². The first-order valence-corrected chi connectivity index (χ1v) is 8.74. The number of unbranched alkanes of at least 4 members (excludes halogenated alkanes) is 1. The van der Waals surface area contributed by atoms with Gasteiger partial charge in [0.1, 0.15) is 0 Å². The zero-order chi connectivity index (χ0) is 15.5. The lowest BCUT2D eigenvalue weighted by atomic mass is 10.3. The summed E-state index contributed by atoms with van der Waals surface area (Å²) < 4.78 is 2.17. The molecule has 1 aromatic rings. The summed E-state index contributed by atoms with van der Waals surface area (Å²) >= 11 is 0. The second kappa shape index (κ2) is 10.3. The van der Waals surface area contributed by atoms with Crippen molar-refractivity contribution in [1.29, 1.82) is 0 Å². The van der Waals surface area contributed by atoms with Crippen molar-refractivity contribution < 1.29 is 0 Å². The molecule has 5 nitrogen and oxygen atoms in total. The highest BCUT2D eigenvalue weighted by Gasteiger charge is 2.09. The molecular formula is C17H31N5. The lowest BCUT2D eigenvalue weighted by Gasteiger charge is -2.14. The van der Waals surface area contributed by atoms with Gasteiger partial charge in [0.25, 0.3) is 0 Å². The van der Waals surface area contributed by atoms with Gasteiger partial charge in [-0.3, -0.25) is 4.99 Å². The van der Waals surface area contributed by atoms with E-state index in [1.54, 1.807) is 0 Å². The fraction of sp³-hybridized carbons (Fsp3) is 0.706. The zero-order valence-electron chi connectivity index (χ0n) is 13.9. The summed E-state index contributed by atoms with van der Waals surface area (Å²) in [7, 11) is 0. The minimum atomic E-state index is 0.897. The van der Waals surface area contributed by atoms with Crippen LogP contribution in [-0.4, -0.2) is 54.7 Å². The van der Waals surface area contributed by atoms with Crippen molar-refractivity contribution in [3.8, 4) is 0 Å². The molecule has 0 amide bonds. The first-order valence-electron chi connectivity index (χ1n) is 8.74. The molecule has 0 bridgehead atoms. The van der Waals surface area contributed by atoms with Gasteiger partial charge in [0, 0.05) is 38.6 Å². The molecule has 124 valence electrons. The van der Waals surface area contributed by atoms with Crippen molar-refractivity contribution in [3.05, 3.63) is 24.5 Å². The van der Waals surface area contributed by atoms with Gasteiger partial charge in [-0.1, -0.05) is 0 Å². The van der Waals surface area contributed by atoms with Gasteiger partial charge in [-0.15, -0.1) is 0 Å². The molecule has 1 fully saturated rings. The minimum absolute atomic E-state index is 0.897. The van der Waals surface area contributed by atoms with Gasteiger partial charge in [0.05, 0.1) is 0 Å². The molecule has 0 unspecified atom stereocenters. The standard InChI is InChI=1S/C17H31N5/c1-2-18-17(20-10-16-22-14-7-8-15-22)19-9-3-4-11-21-12-5-6-13-21/h7-8,14-15H,2-6,9-13,16H2,1H3,(H2,18,19,20). The van der Waals surface area contributed by atoms with E-state index < -0.39 is 0 Å². The van der Waals surface area contributed by atoms with Crippen LogP contribution in [0.1, 0.15) is 32.6 Å². The maximum atomic E-state index is 4.66. The third-order valence-electron chi connectivity index (χ3n) is 4.02. The van der Waals surface area contributed by atoms with Crippen LogP contribution in [0.3, 0.4) is 0 Å². The van der Waals surface area contributed by atoms with Crippen molar-refractivity contribution in [1.82, 2.24) is 20.1 Å². The molecule has 2 heterocycles. The van der Waals surface area contributed by atoms with E-state index in [2.05, 4.69) is 56.5 Å². The number of aliphatic imine (C=N–C) groups is 1. The molecule has 5 heteroatoms. The average Bonchev–Trinajstić information content (AvgIpc) is 3.20. The Labute approximate surface area is 134 Å². The van der Waals surface area contributed by atoms with Crippen LogP contribution in [0.5, 0.6) is 0 Å². The largest absolute Gasteiger partial charge is 0.357 e. The summed E-state index contributed by atoms with van der Waals surface area (Å²) in [4.78, 5) is 7.24. The van der Waals surface area contributed by atoms with E-state index in [9.17, 15) is 0 Å². The smallest absolute Gasteiger partial charge is 0.191 e. The van der Waals surface area contributed by atoms with E-state index in [4.69, 9.17) is 0 Å². The molecule has 2 rings (SSSR count). The summed E-state index contributed by atoms with van der Waals surface area (Å²) in [5, 5.41) is 6.71. The maximum Gasteiger partial charge on any atom is 0.191 e. The van der Waals surface area contributed by atoms with Gasteiger partial charge >= 0.3 is 0 Å². The van der Waals surface area contributed by atoms with Crippen LogP contribution in [0, 0.1) is 0 Å². The number of aromatic nitrogens is 1. The highest BCUT2D eigenvalue weighted by atomic mass is 15.2. The van der Waals surface area contributed by atoms with Crippen LogP contribution in [0.4, 0.5) is 0 Å². The number of nitrogens with zero attached hydrogens (tertiary/aromatic N) is 3. The van der Waals surface area contributed by atoms with E-state index in [1.807, 2.05) is 0 Å². The Morgan fingerprint density at radius 2 is 1.82 bits per heavy atom. The molecule has 0 atom stereocenters. The molecule has 0 aliphatic carbocycles. The fourth-order valence-electron chi connectivity index (χ4n) is 2.81. The number of rotatable bonds is 9. The number of guanidine groups is 1. The van der Waals surface area contributed by atoms with Gasteiger partial charge in [0.2, 0.25) is 0 Å². The highest BCUT2D eigenvalue weighted by Crippen LogP contribution is 2.08. The van der Waals surface area contributed by atoms with E-state index >= 15 is 0 Å². The van der Waals surface area contributed by atoms with Gasteiger partial charge in [-0.25, -0.2) is 0 Å². The summed E-state index contributed by atoms with van der Waals surface area (Å²) in [5.74, 6) is 0.941. The summed E-state index contributed by atoms with van der Waals surface area (Å²) in [6, 6.07) is 4.11. The third-order valence-corrected chi connectivity index (χ3v) is 4.02. The summed E-state index contributed by atoms with van der Waals surface area (Å²) in [6.07, 6.45) is 9.37. The second-order valence-corrected chi connectivity index (χ2v) is 5.86. The van der Waals surface area contributed by atoms with Gasteiger partial charge in [0.15, 0.2) is 5.96 Å². The normalized spacial score (nSPS) is 16.1. The second-order valence-electron chi connectivity index (χ2n) is 5.86. The molecular weight excluding hydrogens is 274 g/mol. The minimum Gasteiger partial charge on any atom is -0.357 e. The fourth-order valence-corrected chi connectivity index (χ4v) is 2.81. The predicted molar refractivity (Wildman–Crippen MR) is 93.3 cm³/mol. The quantitative estimate of drug-likeness (QED) is 0.416. The van der Waals surface area contributed by atoms with Crippen molar-refractivity contribution in [3.63, 3.8) is 0 Å². The molecule has 0 spiro atoms. The Morgan fingerprint density at radius 3 is 2.55 bits per heavy atom. The lowest BCUT2D eigenvalue weighted by molar-refractivity contribution is 0.331. The van der Waals surface area contributed by atoms with Gasteiger partial charge in [-0.2, -0.15) is 0 Å². The molecule has 1 saturated heterocycles. The number of hydrogen-bond donors (Lipinski definition) is 2. The molecule has 0 aromatic carbocycles. The molecule has 0 saturated carbocycles. The molecule has 22 heavy (non-hydrogen) atoms. The molecule has 1 aliphatic rings. The van der Waals surface area contributed by atoms with Crippen LogP contribution in [-0.2, 0) is 6.54 Å². The zero-order valence-corrected chi connectivity index (χ0v) is 13.9. The van der Waals surface area contributed by atoms with Crippen LogP contribution >= 0.6 is 0 Å². The number of likely N-dealkylation sites (tertiary alicyclic amines) is 1. The maximum absolute atomic E-state index is 4.66. The number of nitrogens with one attached hydrogen (secondary N) is 2. The van der Waals surface area contributed by atoms with Crippen LogP contribution in [0.2, 0.25) is 0 Å². The van der Waals surface area contributed by atoms with Gasteiger partial charge in [-0.05, 0) is 64.4 Å². The topological polar surface area (TPSA) is 44.6 Å². The van der Waals surface area contributed by atoms with Gasteiger partial charge < -0.3 is 20.1 Å². The van der Waals surface area contributed by atoms with Crippen LogP contribution in [0.25, 0.3) is 0 Å². The highest BCUT2D eigenvalue weighted by molar-refractivity contribution is 5.79. The van der Waals surface area contributed by atoms with E-state index in [0.29, 0.717) is 0 Å². The molecule has 0 radical (unpaired) electrons. The average molecular weight is 305 g/mol. The number of hydrogen-bond acceptors (Lipinski definition) is 2. The van der Waals surface area contributed by atoms with Crippen molar-refractivity contribution in [2.75, 3.05) is 39.3 Å². The van der Waals surface area contributed by atoms with E-state index in [0.717, 1.165) is 32.1 Å². The van der Waals surface area contributed by atoms with E-state index in [-0.39, 0.29) is 0 Å². The van der Waals surface area contributed by atoms with Crippen LogP contribution < -0.4 is 10.6 Å². The molecule has 1 aromatic heterocycles.